The van der Waals surface area contributed by atoms with Crippen molar-refractivity contribution in [1.82, 2.24) is 10.2 Å². The smallest absolute Gasteiger partial charge is 0.358 e. The predicted molar refractivity (Wildman–Crippen MR) is 97.6 cm³/mol. The summed E-state index contributed by atoms with van der Waals surface area (Å²) in [5.41, 5.74) is 0.507. The minimum atomic E-state index is -0.741. The largest absolute Gasteiger partial charge is 0.498 e. The van der Waals surface area contributed by atoms with Gasteiger partial charge in [-0.3, -0.25) is 24.6 Å². The van der Waals surface area contributed by atoms with E-state index in [1.807, 2.05) is 0 Å². The molecule has 0 radical (unpaired) electrons. The number of esters is 1. The lowest BCUT2D eigenvalue weighted by Gasteiger charge is -2.49. The molecule has 2 heterocycles. The zero-order valence-electron chi connectivity index (χ0n) is 15.0. The number of ether oxygens (including phenoxy) is 2. The molecule has 0 bridgehead atoms. The highest BCUT2D eigenvalue weighted by Crippen LogP contribution is 2.40. The van der Waals surface area contributed by atoms with Crippen molar-refractivity contribution >= 4 is 35.2 Å². The van der Waals surface area contributed by atoms with Crippen LogP contribution >= 0.6 is 11.8 Å². The Balaban J connectivity index is 1.72. The number of carbonyl (C=O) groups excluding carboxylic acids is 3. The fourth-order valence-corrected chi connectivity index (χ4v) is 4.20. The Morgan fingerprint density at radius 2 is 2.04 bits per heavy atom. The van der Waals surface area contributed by atoms with Gasteiger partial charge in [-0.2, -0.15) is 0 Å². The molecule has 2 atom stereocenters. The molecule has 1 saturated heterocycles. The summed E-state index contributed by atoms with van der Waals surface area (Å²) in [6, 6.07) is 4.90. The zero-order chi connectivity index (χ0) is 20.4. The van der Waals surface area contributed by atoms with Crippen molar-refractivity contribution in [2.24, 2.45) is 0 Å². The summed E-state index contributed by atoms with van der Waals surface area (Å²) >= 11 is 1.38. The first-order valence-corrected chi connectivity index (χ1v) is 9.27. The van der Waals surface area contributed by atoms with Gasteiger partial charge in [-0.25, -0.2) is 4.79 Å². The van der Waals surface area contributed by atoms with Gasteiger partial charge in [0.2, 0.25) is 5.91 Å². The standard InChI is InChI=1S/C17H17N3O7S/c1-9(21)18-13-15(22)19-14(12(26-2)8-28-16(13)19)17(23)27-7-10-3-5-11(6-4-10)20(24)25/h3-6,13,16H,7-8H2,1-2H3,(H,18,21)/t13?,16-/m1/s1. The van der Waals surface area contributed by atoms with Gasteiger partial charge in [0.05, 0.1) is 17.8 Å². The number of β-lactam (4-membered cyclic amide) rings is 1. The van der Waals surface area contributed by atoms with Crippen LogP contribution in [-0.4, -0.2) is 51.9 Å². The summed E-state index contributed by atoms with van der Waals surface area (Å²) in [6.45, 7) is 1.20. The molecule has 2 aliphatic heterocycles. The summed E-state index contributed by atoms with van der Waals surface area (Å²) in [5, 5.41) is 12.9. The summed E-state index contributed by atoms with van der Waals surface area (Å²) in [6.07, 6.45) is 0. The zero-order valence-corrected chi connectivity index (χ0v) is 15.9. The Morgan fingerprint density at radius 3 is 2.61 bits per heavy atom. The second kappa shape index (κ2) is 7.89. The van der Waals surface area contributed by atoms with Gasteiger partial charge in [0.25, 0.3) is 11.6 Å². The molecule has 1 aromatic rings. The lowest BCUT2D eigenvalue weighted by molar-refractivity contribution is -0.384. The number of nitro benzene ring substituents is 1. The summed E-state index contributed by atoms with van der Waals surface area (Å²) in [4.78, 5) is 47.7. The van der Waals surface area contributed by atoms with E-state index in [1.165, 1.54) is 55.0 Å². The number of rotatable bonds is 6. The van der Waals surface area contributed by atoms with E-state index in [9.17, 15) is 24.5 Å². The molecular formula is C17H17N3O7S. The SMILES string of the molecule is COC1=C(C(=O)OCc2ccc([N+](=O)[O-])cc2)N2C(=O)C(NC(C)=O)[C@H]2SC1. The summed E-state index contributed by atoms with van der Waals surface area (Å²) in [5.74, 6) is -0.824. The molecule has 28 heavy (non-hydrogen) atoms. The first-order chi connectivity index (χ1) is 13.3. The number of fused-ring (bicyclic) bond motifs is 1. The number of nitrogens with one attached hydrogen (secondary N) is 1. The Bertz CT molecular complexity index is 868. The number of benzene rings is 1. The number of thioether (sulfide) groups is 1. The van der Waals surface area contributed by atoms with E-state index in [1.54, 1.807) is 0 Å². The molecule has 148 valence electrons. The molecule has 1 aromatic carbocycles. The topological polar surface area (TPSA) is 128 Å². The number of nitrogens with zero attached hydrogens (tertiary/aromatic N) is 2. The summed E-state index contributed by atoms with van der Waals surface area (Å²) in [7, 11) is 1.40. The van der Waals surface area contributed by atoms with E-state index < -0.39 is 28.2 Å². The third-order valence-corrected chi connectivity index (χ3v) is 5.50. The quantitative estimate of drug-likeness (QED) is 0.319. The second-order valence-corrected chi connectivity index (χ2v) is 7.17. The monoisotopic (exact) mass is 407 g/mol. The molecule has 0 saturated carbocycles. The molecule has 0 spiro atoms. The number of hydrogen-bond donors (Lipinski definition) is 1. The Hall–Kier alpha value is -3.08. The maximum atomic E-state index is 12.6. The van der Waals surface area contributed by atoms with Gasteiger partial charge in [0, 0.05) is 19.1 Å². The maximum absolute atomic E-state index is 12.6. The van der Waals surface area contributed by atoms with Crippen LogP contribution in [0.4, 0.5) is 5.69 Å². The van der Waals surface area contributed by atoms with Crippen LogP contribution in [0.5, 0.6) is 0 Å². The van der Waals surface area contributed by atoms with Crippen LogP contribution in [-0.2, 0) is 30.5 Å². The highest BCUT2D eigenvalue weighted by Gasteiger charge is 2.54. The number of methoxy groups -OCH3 is 1. The average molecular weight is 407 g/mol. The second-order valence-electron chi connectivity index (χ2n) is 6.06. The van der Waals surface area contributed by atoms with Gasteiger partial charge in [0.1, 0.15) is 23.8 Å². The number of non-ortho nitro benzene ring substituents is 1. The summed E-state index contributed by atoms with van der Waals surface area (Å²) < 4.78 is 10.5. The third kappa shape index (κ3) is 3.65. The highest BCUT2D eigenvalue weighted by atomic mass is 32.2. The molecule has 2 aliphatic rings. The van der Waals surface area contributed by atoms with E-state index in [2.05, 4.69) is 5.32 Å². The van der Waals surface area contributed by atoms with Gasteiger partial charge >= 0.3 is 5.97 Å². The van der Waals surface area contributed by atoms with Crippen LogP contribution < -0.4 is 5.32 Å². The van der Waals surface area contributed by atoms with Crippen molar-refractivity contribution in [1.29, 1.82) is 0 Å². The highest BCUT2D eigenvalue weighted by molar-refractivity contribution is 8.00. The first kappa shape index (κ1) is 19.7. The molecule has 11 heteroatoms. The Labute approximate surface area is 164 Å². The van der Waals surface area contributed by atoms with Crippen LogP contribution in [0.15, 0.2) is 35.7 Å². The van der Waals surface area contributed by atoms with Crippen LogP contribution in [0.2, 0.25) is 0 Å². The van der Waals surface area contributed by atoms with Crippen LogP contribution in [0.25, 0.3) is 0 Å². The molecule has 1 unspecified atom stereocenters. The fraction of sp³-hybridized carbons (Fsp3) is 0.353. The molecule has 10 nitrogen and oxygen atoms in total. The van der Waals surface area contributed by atoms with E-state index in [0.717, 1.165) is 0 Å². The Morgan fingerprint density at radius 1 is 1.36 bits per heavy atom. The van der Waals surface area contributed by atoms with Gasteiger partial charge < -0.3 is 14.8 Å². The molecule has 1 fully saturated rings. The molecular weight excluding hydrogens is 390 g/mol. The van der Waals surface area contributed by atoms with Gasteiger partial charge in [-0.15, -0.1) is 11.8 Å². The minimum Gasteiger partial charge on any atom is -0.498 e. The van der Waals surface area contributed by atoms with Crippen molar-refractivity contribution in [3.05, 3.63) is 51.4 Å². The predicted octanol–water partition coefficient (Wildman–Crippen LogP) is 0.916. The lowest BCUT2D eigenvalue weighted by Crippen LogP contribution is -2.70. The van der Waals surface area contributed by atoms with Crippen molar-refractivity contribution in [3.63, 3.8) is 0 Å². The van der Waals surface area contributed by atoms with E-state index in [-0.39, 0.29) is 23.9 Å². The average Bonchev–Trinajstić information content (AvgIpc) is 2.69. The van der Waals surface area contributed by atoms with E-state index >= 15 is 0 Å². The fourth-order valence-electron chi connectivity index (χ4n) is 2.89. The van der Waals surface area contributed by atoms with Crippen LogP contribution in [0, 0.1) is 10.1 Å². The lowest BCUT2D eigenvalue weighted by atomic mass is 10.0. The van der Waals surface area contributed by atoms with Crippen molar-refractivity contribution in [2.45, 2.75) is 24.9 Å². The minimum absolute atomic E-state index is 0.0137. The molecule has 2 amide bonds. The Kier molecular flexibility index (Phi) is 5.54. The van der Waals surface area contributed by atoms with Crippen LogP contribution in [0.3, 0.4) is 0 Å². The van der Waals surface area contributed by atoms with Crippen LogP contribution in [0.1, 0.15) is 12.5 Å². The van der Waals surface area contributed by atoms with E-state index in [0.29, 0.717) is 17.1 Å². The number of hydrogen-bond acceptors (Lipinski definition) is 8. The van der Waals surface area contributed by atoms with Crippen molar-refractivity contribution in [2.75, 3.05) is 12.9 Å². The van der Waals surface area contributed by atoms with Crippen molar-refractivity contribution in [3.8, 4) is 0 Å². The van der Waals surface area contributed by atoms with E-state index in [4.69, 9.17) is 9.47 Å². The molecule has 0 aliphatic carbocycles. The maximum Gasteiger partial charge on any atom is 0.358 e. The number of nitro groups is 1. The third-order valence-electron chi connectivity index (χ3n) is 4.25. The number of amides is 2. The van der Waals surface area contributed by atoms with Gasteiger partial charge in [-0.05, 0) is 17.7 Å². The van der Waals surface area contributed by atoms with Crippen molar-refractivity contribution < 1.29 is 28.8 Å². The van der Waals surface area contributed by atoms with Gasteiger partial charge in [0.15, 0.2) is 5.70 Å². The normalized spacial score (nSPS) is 20.8. The molecule has 1 N–H and O–H groups in total. The number of carbonyl (C=O) groups is 3. The first-order valence-electron chi connectivity index (χ1n) is 8.23. The molecule has 3 rings (SSSR count). The molecule has 0 aromatic heterocycles. The van der Waals surface area contributed by atoms with Gasteiger partial charge in [-0.1, -0.05) is 0 Å².